The summed E-state index contributed by atoms with van der Waals surface area (Å²) in [5, 5.41) is 0. The highest BCUT2D eigenvalue weighted by Crippen LogP contribution is 2.41. The van der Waals surface area contributed by atoms with E-state index in [1.165, 1.54) is 6.92 Å². The van der Waals surface area contributed by atoms with Gasteiger partial charge in [-0.15, -0.1) is 6.58 Å². The molecule has 0 N–H and O–H groups in total. The fourth-order valence-electron chi connectivity index (χ4n) is 2.36. The Morgan fingerprint density at radius 2 is 1.87 bits per heavy atom. The smallest absolute Gasteiger partial charge is 0.308 e. The van der Waals surface area contributed by atoms with E-state index in [4.69, 9.17) is 9.47 Å². The van der Waals surface area contributed by atoms with Gasteiger partial charge in [-0.3, -0.25) is 4.79 Å². The van der Waals surface area contributed by atoms with Gasteiger partial charge in [-0.05, 0) is 50.3 Å². The summed E-state index contributed by atoms with van der Waals surface area (Å²) in [6, 6.07) is 1.98. The van der Waals surface area contributed by atoms with Crippen LogP contribution < -0.4 is 9.47 Å². The predicted octanol–water partition coefficient (Wildman–Crippen LogP) is 5.25. The largest absolute Gasteiger partial charge is 0.462 e. The Kier molecular flexibility index (Phi) is 6.20. The number of ether oxygens (including phenoxy) is 2. The number of hydrogen-bond donors (Lipinski definition) is 0. The molecule has 1 aromatic carbocycles. The van der Waals surface area contributed by atoms with Crippen LogP contribution in [0.1, 0.15) is 58.2 Å². The molecule has 0 spiro atoms. The van der Waals surface area contributed by atoms with Crippen LogP contribution in [0.3, 0.4) is 0 Å². The van der Waals surface area contributed by atoms with Crippen LogP contribution in [0.2, 0.25) is 0 Å². The lowest BCUT2D eigenvalue weighted by Gasteiger charge is -2.26. The standard InChI is InChI=1S/C20H28O3/c1-9-11-16-14(4)19(23-15(5)21)17(20(6,7)8)12-18(16)22-13(3)10-2/h9-10,12H,1,11H2,2-8H3. The van der Waals surface area contributed by atoms with Gasteiger partial charge < -0.3 is 9.47 Å². The Balaban J connectivity index is 3.67. The number of esters is 1. The molecule has 1 rings (SSSR count). The Labute approximate surface area is 140 Å². The molecule has 0 saturated carbocycles. The molecule has 0 heterocycles. The first-order valence-electron chi connectivity index (χ1n) is 7.88. The molecule has 0 aliphatic rings. The average Bonchev–Trinajstić information content (AvgIpc) is 2.43. The van der Waals surface area contributed by atoms with E-state index >= 15 is 0 Å². The summed E-state index contributed by atoms with van der Waals surface area (Å²) in [5.74, 6) is 1.93. The van der Waals surface area contributed by atoms with Crippen molar-refractivity contribution >= 4 is 5.97 Å². The monoisotopic (exact) mass is 316 g/mol. The summed E-state index contributed by atoms with van der Waals surface area (Å²) in [4.78, 5) is 11.5. The van der Waals surface area contributed by atoms with E-state index in [0.717, 1.165) is 28.2 Å². The SMILES string of the molecule is C=CCc1c(OC(C)=CC)cc(C(C)(C)C)c(OC(C)=O)c1C. The van der Waals surface area contributed by atoms with Crippen LogP contribution in [0, 0.1) is 6.92 Å². The van der Waals surface area contributed by atoms with Gasteiger partial charge in [0.2, 0.25) is 0 Å². The van der Waals surface area contributed by atoms with Crippen molar-refractivity contribution in [2.75, 3.05) is 0 Å². The molecule has 0 fully saturated rings. The summed E-state index contributed by atoms with van der Waals surface area (Å²) in [7, 11) is 0. The molecule has 0 aromatic heterocycles. The first-order valence-corrected chi connectivity index (χ1v) is 7.88. The van der Waals surface area contributed by atoms with Crippen molar-refractivity contribution in [3.05, 3.63) is 47.2 Å². The van der Waals surface area contributed by atoms with Crippen molar-refractivity contribution in [1.82, 2.24) is 0 Å². The molecule has 126 valence electrons. The number of rotatable bonds is 5. The van der Waals surface area contributed by atoms with Gasteiger partial charge >= 0.3 is 5.97 Å². The molecule has 0 aliphatic heterocycles. The fourth-order valence-corrected chi connectivity index (χ4v) is 2.36. The maximum atomic E-state index is 11.5. The molecule has 0 saturated heterocycles. The van der Waals surface area contributed by atoms with E-state index in [0.29, 0.717) is 12.2 Å². The summed E-state index contributed by atoms with van der Waals surface area (Å²) >= 11 is 0. The topological polar surface area (TPSA) is 35.5 Å². The van der Waals surface area contributed by atoms with Crippen LogP contribution in [-0.2, 0) is 16.6 Å². The number of benzene rings is 1. The molecule has 1 aromatic rings. The number of allylic oxidation sites excluding steroid dienone is 3. The van der Waals surface area contributed by atoms with Gasteiger partial charge in [-0.25, -0.2) is 0 Å². The Bertz CT molecular complexity index is 631. The molecular formula is C20H28O3. The van der Waals surface area contributed by atoms with E-state index in [9.17, 15) is 4.79 Å². The third-order valence-corrected chi connectivity index (χ3v) is 3.69. The highest BCUT2D eigenvalue weighted by atomic mass is 16.5. The van der Waals surface area contributed by atoms with Crippen molar-refractivity contribution in [3.63, 3.8) is 0 Å². The van der Waals surface area contributed by atoms with Crippen molar-refractivity contribution in [2.45, 2.75) is 60.3 Å². The number of hydrogen-bond acceptors (Lipinski definition) is 3. The predicted molar refractivity (Wildman–Crippen MR) is 95.1 cm³/mol. The quantitative estimate of drug-likeness (QED) is 0.322. The van der Waals surface area contributed by atoms with E-state index in [1.54, 1.807) is 0 Å². The highest BCUT2D eigenvalue weighted by Gasteiger charge is 2.26. The minimum atomic E-state index is -0.318. The molecule has 0 unspecified atom stereocenters. The molecule has 23 heavy (non-hydrogen) atoms. The van der Waals surface area contributed by atoms with Crippen molar-refractivity contribution in [1.29, 1.82) is 0 Å². The van der Waals surface area contributed by atoms with Crippen molar-refractivity contribution < 1.29 is 14.3 Å². The first kappa shape index (κ1) is 19.0. The summed E-state index contributed by atoms with van der Waals surface area (Å²) in [6.07, 6.45) is 4.40. The maximum absolute atomic E-state index is 11.5. The van der Waals surface area contributed by atoms with Gasteiger partial charge in [0, 0.05) is 18.1 Å². The number of carbonyl (C=O) groups excluding carboxylic acids is 1. The van der Waals surface area contributed by atoms with Gasteiger partial charge in [0.05, 0.1) is 5.76 Å². The van der Waals surface area contributed by atoms with Gasteiger partial charge in [0.25, 0.3) is 0 Å². The van der Waals surface area contributed by atoms with Crippen LogP contribution in [-0.4, -0.2) is 5.97 Å². The van der Waals surface area contributed by atoms with Gasteiger partial charge in [0.15, 0.2) is 0 Å². The second-order valence-electron chi connectivity index (χ2n) is 6.69. The average molecular weight is 316 g/mol. The highest BCUT2D eigenvalue weighted by molar-refractivity contribution is 5.72. The van der Waals surface area contributed by atoms with E-state index in [-0.39, 0.29) is 11.4 Å². The lowest BCUT2D eigenvalue weighted by atomic mass is 9.83. The van der Waals surface area contributed by atoms with Gasteiger partial charge in [0.1, 0.15) is 11.5 Å². The minimum Gasteiger partial charge on any atom is -0.462 e. The zero-order chi connectivity index (χ0) is 17.8. The van der Waals surface area contributed by atoms with Crippen LogP contribution in [0.25, 0.3) is 0 Å². The molecule has 0 amide bonds. The van der Waals surface area contributed by atoms with Crippen molar-refractivity contribution in [2.24, 2.45) is 0 Å². The third-order valence-electron chi connectivity index (χ3n) is 3.69. The van der Waals surface area contributed by atoms with Crippen LogP contribution in [0.5, 0.6) is 11.5 Å². The number of carbonyl (C=O) groups is 1. The molecule has 0 radical (unpaired) electrons. The van der Waals surface area contributed by atoms with Gasteiger partial charge in [-0.2, -0.15) is 0 Å². The Morgan fingerprint density at radius 1 is 1.26 bits per heavy atom. The van der Waals surface area contributed by atoms with Crippen LogP contribution >= 0.6 is 0 Å². The maximum Gasteiger partial charge on any atom is 0.308 e. The summed E-state index contributed by atoms with van der Waals surface area (Å²) < 4.78 is 11.5. The van der Waals surface area contributed by atoms with E-state index in [2.05, 4.69) is 27.4 Å². The van der Waals surface area contributed by atoms with Crippen molar-refractivity contribution in [3.8, 4) is 11.5 Å². The zero-order valence-corrected chi connectivity index (χ0v) is 15.4. The molecule has 3 nitrogen and oxygen atoms in total. The lowest BCUT2D eigenvalue weighted by Crippen LogP contribution is -2.17. The summed E-state index contributed by atoms with van der Waals surface area (Å²) in [6.45, 7) is 17.3. The summed E-state index contributed by atoms with van der Waals surface area (Å²) in [5.41, 5.74) is 2.69. The molecule has 0 bridgehead atoms. The molecule has 0 aliphatic carbocycles. The van der Waals surface area contributed by atoms with Crippen LogP contribution in [0.15, 0.2) is 30.6 Å². The lowest BCUT2D eigenvalue weighted by molar-refractivity contribution is -0.132. The molecular weight excluding hydrogens is 288 g/mol. The minimum absolute atomic E-state index is 0.176. The Morgan fingerprint density at radius 3 is 2.30 bits per heavy atom. The Hall–Kier alpha value is -2.03. The normalized spacial score (nSPS) is 12.0. The third kappa shape index (κ3) is 4.72. The first-order chi connectivity index (χ1) is 10.6. The molecule has 3 heteroatoms. The van der Waals surface area contributed by atoms with E-state index in [1.807, 2.05) is 39.0 Å². The second kappa shape index (κ2) is 7.49. The van der Waals surface area contributed by atoms with Crippen LogP contribution in [0.4, 0.5) is 0 Å². The zero-order valence-electron chi connectivity index (χ0n) is 15.4. The molecule has 0 atom stereocenters. The fraction of sp³-hybridized carbons (Fsp3) is 0.450. The van der Waals surface area contributed by atoms with E-state index < -0.39 is 0 Å². The second-order valence-corrected chi connectivity index (χ2v) is 6.69. The van der Waals surface area contributed by atoms with Gasteiger partial charge in [-0.1, -0.05) is 26.8 Å².